The number of pyridine rings is 2. The van der Waals surface area contributed by atoms with Crippen molar-refractivity contribution < 1.29 is 14.3 Å². The zero-order valence-corrected chi connectivity index (χ0v) is 18.5. The monoisotopic (exact) mass is 466 g/mol. The first-order valence-corrected chi connectivity index (χ1v) is 10.4. The summed E-state index contributed by atoms with van der Waals surface area (Å²) in [4.78, 5) is 33.0. The molecular weight excluding hydrogens is 448 g/mol. The number of nitrogens with zero attached hydrogens (tertiary/aromatic N) is 6. The zero-order chi connectivity index (χ0) is 23.6. The summed E-state index contributed by atoms with van der Waals surface area (Å²) in [5, 5.41) is 22.7. The van der Waals surface area contributed by atoms with Gasteiger partial charge in [-0.2, -0.15) is 5.26 Å². The van der Waals surface area contributed by atoms with Crippen molar-refractivity contribution in [2.45, 2.75) is 25.9 Å². The third kappa shape index (κ3) is 4.61. The fourth-order valence-electron chi connectivity index (χ4n) is 3.09. The Balaban J connectivity index is 1.45. The van der Waals surface area contributed by atoms with Gasteiger partial charge in [0.05, 0.1) is 23.6 Å². The zero-order valence-electron chi connectivity index (χ0n) is 17.7. The molecule has 4 rings (SSSR count). The number of ether oxygens (including phenoxy) is 1. The lowest BCUT2D eigenvalue weighted by Gasteiger charge is -2.15. The molecule has 12 heteroatoms. The van der Waals surface area contributed by atoms with Crippen LogP contribution in [0, 0.1) is 16.7 Å². The highest BCUT2D eigenvalue weighted by Crippen LogP contribution is 2.45. The van der Waals surface area contributed by atoms with Gasteiger partial charge in [0.1, 0.15) is 16.7 Å². The van der Waals surface area contributed by atoms with E-state index in [4.69, 9.17) is 21.6 Å². The van der Waals surface area contributed by atoms with Gasteiger partial charge in [-0.25, -0.2) is 14.5 Å². The number of halogens is 1. The van der Waals surface area contributed by atoms with Gasteiger partial charge in [-0.05, 0) is 38.0 Å². The number of nitrogens with one attached hydrogen (secondary N) is 2. The van der Waals surface area contributed by atoms with Gasteiger partial charge in [-0.1, -0.05) is 22.9 Å². The molecular formula is C21H19ClN8O3. The maximum absolute atomic E-state index is 12.5. The van der Waals surface area contributed by atoms with Crippen LogP contribution in [-0.2, 0) is 16.6 Å². The first-order chi connectivity index (χ1) is 15.8. The average molecular weight is 467 g/mol. The molecule has 2 amide bonds. The minimum atomic E-state index is -0.932. The molecule has 168 valence electrons. The van der Waals surface area contributed by atoms with Crippen molar-refractivity contribution in [2.24, 2.45) is 12.5 Å². The standard InChI is InChI=1S/C21H19ClN8O3/c1-12(14-4-3-9-24-17(14)22)33-20(32)27-18-16(28-29-30(18)2)15-6-5-13(10-25-15)26-19(31)21(11-23)7-8-21/h3-6,9-10,12H,7-8H2,1-2H3,(H,26,31)(H,27,32)/t12-/m1/s1. The van der Waals surface area contributed by atoms with Gasteiger partial charge < -0.3 is 10.1 Å². The number of aryl methyl sites for hydroxylation is 1. The third-order valence-corrected chi connectivity index (χ3v) is 5.54. The predicted octanol–water partition coefficient (Wildman–Crippen LogP) is 3.48. The molecule has 3 aromatic heterocycles. The molecule has 0 saturated heterocycles. The molecule has 0 bridgehead atoms. The Kier molecular flexibility index (Phi) is 5.93. The molecule has 1 saturated carbocycles. The molecule has 0 spiro atoms. The number of carbonyl (C=O) groups is 2. The molecule has 11 nitrogen and oxygen atoms in total. The fourth-order valence-corrected chi connectivity index (χ4v) is 3.37. The number of hydrogen-bond acceptors (Lipinski definition) is 8. The van der Waals surface area contributed by atoms with E-state index in [1.165, 1.54) is 10.9 Å². The van der Waals surface area contributed by atoms with E-state index in [1.807, 2.05) is 6.07 Å². The van der Waals surface area contributed by atoms with Crippen LogP contribution >= 0.6 is 11.6 Å². The number of anilines is 2. The van der Waals surface area contributed by atoms with E-state index in [2.05, 4.69) is 30.9 Å². The number of carbonyl (C=O) groups excluding carboxylic acids is 2. The Morgan fingerprint density at radius 2 is 2.06 bits per heavy atom. The van der Waals surface area contributed by atoms with E-state index in [1.54, 1.807) is 44.4 Å². The molecule has 3 heterocycles. The molecule has 1 atom stereocenters. The summed E-state index contributed by atoms with van der Waals surface area (Å²) in [7, 11) is 1.61. The van der Waals surface area contributed by atoms with E-state index in [0.717, 1.165) is 0 Å². The van der Waals surface area contributed by atoms with Crippen LogP contribution in [0.3, 0.4) is 0 Å². The Morgan fingerprint density at radius 3 is 2.70 bits per heavy atom. The van der Waals surface area contributed by atoms with Crippen molar-refractivity contribution in [1.82, 2.24) is 25.0 Å². The molecule has 1 aliphatic carbocycles. The van der Waals surface area contributed by atoms with Gasteiger partial charge in [0.15, 0.2) is 11.5 Å². The van der Waals surface area contributed by atoms with Gasteiger partial charge in [0.25, 0.3) is 0 Å². The minimum Gasteiger partial charge on any atom is -0.441 e. The summed E-state index contributed by atoms with van der Waals surface area (Å²) in [6.45, 7) is 1.68. The Hall–Kier alpha value is -4.04. The third-order valence-electron chi connectivity index (χ3n) is 5.22. The van der Waals surface area contributed by atoms with Gasteiger partial charge >= 0.3 is 6.09 Å². The van der Waals surface area contributed by atoms with Crippen molar-refractivity contribution in [1.29, 1.82) is 5.26 Å². The fraction of sp³-hybridized carbons (Fsp3) is 0.286. The highest BCUT2D eigenvalue weighted by Gasteiger charge is 2.50. The van der Waals surface area contributed by atoms with Crippen LogP contribution in [0.2, 0.25) is 5.15 Å². The molecule has 0 aromatic carbocycles. The summed E-state index contributed by atoms with van der Waals surface area (Å²) in [6.07, 6.45) is 2.73. The first-order valence-electron chi connectivity index (χ1n) is 10.00. The van der Waals surface area contributed by atoms with E-state index in [0.29, 0.717) is 35.5 Å². The SMILES string of the molecule is C[C@@H](OC(=O)Nc1c(-c2ccc(NC(=O)C3(C#N)CC3)cn2)nnn1C)c1cccnc1Cl. The van der Waals surface area contributed by atoms with Crippen LogP contribution in [0.5, 0.6) is 0 Å². The van der Waals surface area contributed by atoms with E-state index in [-0.39, 0.29) is 16.9 Å². The van der Waals surface area contributed by atoms with E-state index in [9.17, 15) is 9.59 Å². The molecule has 0 aliphatic heterocycles. The Morgan fingerprint density at radius 1 is 1.27 bits per heavy atom. The molecule has 3 aromatic rings. The molecule has 0 unspecified atom stereocenters. The quantitative estimate of drug-likeness (QED) is 0.524. The highest BCUT2D eigenvalue weighted by molar-refractivity contribution is 6.30. The van der Waals surface area contributed by atoms with Gasteiger partial charge in [-0.3, -0.25) is 15.1 Å². The van der Waals surface area contributed by atoms with Crippen molar-refractivity contribution in [3.63, 3.8) is 0 Å². The van der Waals surface area contributed by atoms with Crippen LogP contribution in [0.15, 0.2) is 36.7 Å². The smallest absolute Gasteiger partial charge is 0.413 e. The summed E-state index contributed by atoms with van der Waals surface area (Å²) in [5.41, 5.74) is 0.820. The molecule has 33 heavy (non-hydrogen) atoms. The molecule has 1 fully saturated rings. The summed E-state index contributed by atoms with van der Waals surface area (Å²) in [5.74, 6) is -0.0674. The first kappa shape index (κ1) is 22.2. The molecule has 1 aliphatic rings. The van der Waals surface area contributed by atoms with Crippen molar-refractivity contribution in [3.05, 3.63) is 47.4 Å². The molecule has 2 N–H and O–H groups in total. The topological polar surface area (TPSA) is 148 Å². The second kappa shape index (κ2) is 8.84. The van der Waals surface area contributed by atoms with Crippen LogP contribution in [0.4, 0.5) is 16.3 Å². The van der Waals surface area contributed by atoms with Crippen LogP contribution < -0.4 is 10.6 Å². The normalized spacial score (nSPS) is 14.6. The number of hydrogen-bond donors (Lipinski definition) is 2. The maximum atomic E-state index is 12.5. The van der Waals surface area contributed by atoms with Crippen LogP contribution in [0.1, 0.15) is 31.4 Å². The minimum absolute atomic E-state index is 0.249. The van der Waals surface area contributed by atoms with Crippen LogP contribution in [0.25, 0.3) is 11.4 Å². The summed E-state index contributed by atoms with van der Waals surface area (Å²) >= 11 is 6.06. The average Bonchev–Trinajstić information content (AvgIpc) is 3.53. The lowest BCUT2D eigenvalue weighted by Crippen LogP contribution is -2.22. The molecule has 0 radical (unpaired) electrons. The van der Waals surface area contributed by atoms with Gasteiger partial charge in [-0.15, -0.1) is 5.10 Å². The van der Waals surface area contributed by atoms with Gasteiger partial charge in [0.2, 0.25) is 5.91 Å². The van der Waals surface area contributed by atoms with E-state index >= 15 is 0 Å². The highest BCUT2D eigenvalue weighted by atomic mass is 35.5. The van der Waals surface area contributed by atoms with E-state index < -0.39 is 17.6 Å². The number of rotatable bonds is 6. The number of aromatic nitrogens is 5. The second-order valence-electron chi connectivity index (χ2n) is 7.55. The lowest BCUT2D eigenvalue weighted by molar-refractivity contribution is -0.119. The number of amides is 2. The van der Waals surface area contributed by atoms with Crippen molar-refractivity contribution >= 4 is 35.1 Å². The maximum Gasteiger partial charge on any atom is 0.413 e. The summed E-state index contributed by atoms with van der Waals surface area (Å²) in [6, 6.07) is 8.73. The Labute approximate surface area is 193 Å². The lowest BCUT2D eigenvalue weighted by atomic mass is 10.1. The van der Waals surface area contributed by atoms with Crippen molar-refractivity contribution in [2.75, 3.05) is 10.6 Å². The summed E-state index contributed by atoms with van der Waals surface area (Å²) < 4.78 is 6.78. The van der Waals surface area contributed by atoms with Gasteiger partial charge in [0, 0.05) is 18.8 Å². The Bertz CT molecular complexity index is 1250. The van der Waals surface area contributed by atoms with Crippen LogP contribution in [-0.4, -0.2) is 37.0 Å². The van der Waals surface area contributed by atoms with Crippen molar-refractivity contribution in [3.8, 4) is 17.5 Å². The predicted molar refractivity (Wildman–Crippen MR) is 118 cm³/mol. The largest absolute Gasteiger partial charge is 0.441 e. The second-order valence-corrected chi connectivity index (χ2v) is 7.90. The number of nitriles is 1.